The lowest BCUT2D eigenvalue weighted by Gasteiger charge is -2.70. The molecule has 0 aromatic carbocycles. The molecule has 3 saturated carbocycles. The van der Waals surface area contributed by atoms with Crippen LogP contribution in [0.3, 0.4) is 0 Å². The summed E-state index contributed by atoms with van der Waals surface area (Å²) in [7, 11) is 1.85. The van der Waals surface area contributed by atoms with Crippen molar-refractivity contribution in [1.82, 2.24) is 29.7 Å². The van der Waals surface area contributed by atoms with Gasteiger partial charge in [0.1, 0.15) is 11.6 Å². The summed E-state index contributed by atoms with van der Waals surface area (Å²) in [5, 5.41) is 4.22. The second-order valence-corrected chi connectivity index (χ2v) is 9.78. The Labute approximate surface area is 188 Å². The topological polar surface area (TPSA) is 81.9 Å². The Morgan fingerprint density at radius 2 is 1.79 bits per heavy atom. The number of halogens is 3. The maximum atomic E-state index is 13.5. The quantitative estimate of drug-likeness (QED) is 0.594. The van der Waals surface area contributed by atoms with Crippen LogP contribution < -0.4 is 4.90 Å². The Balaban J connectivity index is 1.39. The van der Waals surface area contributed by atoms with Gasteiger partial charge in [-0.05, 0) is 33.1 Å². The third-order valence-electron chi connectivity index (χ3n) is 7.51. The van der Waals surface area contributed by atoms with Gasteiger partial charge in [-0.15, -0.1) is 0 Å². The summed E-state index contributed by atoms with van der Waals surface area (Å²) >= 11 is 0. The molecule has 3 aromatic rings. The molecule has 2 bridgehead atoms. The first kappa shape index (κ1) is 20.8. The van der Waals surface area contributed by atoms with Crippen molar-refractivity contribution in [3.63, 3.8) is 0 Å². The van der Waals surface area contributed by atoms with Crippen molar-refractivity contribution in [3.8, 4) is 0 Å². The van der Waals surface area contributed by atoms with E-state index in [0.717, 1.165) is 17.0 Å². The highest BCUT2D eigenvalue weighted by atomic mass is 19.4. The van der Waals surface area contributed by atoms with Gasteiger partial charge in [-0.3, -0.25) is 4.68 Å². The molecule has 1 atom stereocenters. The molecule has 0 unspecified atom stereocenters. The van der Waals surface area contributed by atoms with Gasteiger partial charge in [-0.2, -0.15) is 23.3 Å². The Bertz CT molecular complexity index is 1250. The van der Waals surface area contributed by atoms with E-state index in [1.54, 1.807) is 10.9 Å². The van der Waals surface area contributed by atoms with E-state index in [1.165, 1.54) is 0 Å². The van der Waals surface area contributed by atoms with Crippen LogP contribution in [-0.4, -0.2) is 55.6 Å². The number of nitrogens with zero attached hydrogens (tertiary/aromatic N) is 7. The maximum Gasteiger partial charge on any atom is 0.394 e. The van der Waals surface area contributed by atoms with Gasteiger partial charge in [-0.1, -0.05) is 0 Å². The van der Waals surface area contributed by atoms with Crippen molar-refractivity contribution in [2.45, 2.75) is 50.8 Å². The minimum Gasteiger partial charge on any atom is -0.370 e. The average Bonchev–Trinajstić information content (AvgIpc) is 3.12. The lowest BCUT2D eigenvalue weighted by Crippen LogP contribution is -2.70. The summed E-state index contributed by atoms with van der Waals surface area (Å²) in [6, 6.07) is 0. The van der Waals surface area contributed by atoms with E-state index in [9.17, 15) is 13.2 Å². The molecule has 7 rings (SSSR count). The molecule has 4 aliphatic rings. The van der Waals surface area contributed by atoms with Crippen molar-refractivity contribution in [2.75, 3.05) is 24.6 Å². The fourth-order valence-corrected chi connectivity index (χ4v) is 5.59. The lowest BCUT2D eigenvalue weighted by atomic mass is 9.34. The third-order valence-corrected chi connectivity index (χ3v) is 7.51. The fourth-order valence-electron chi connectivity index (χ4n) is 5.59. The molecule has 4 fully saturated rings. The molecule has 1 saturated heterocycles. The van der Waals surface area contributed by atoms with Crippen molar-refractivity contribution >= 4 is 17.1 Å². The first-order valence-electron chi connectivity index (χ1n) is 11.0. The van der Waals surface area contributed by atoms with E-state index < -0.39 is 17.0 Å². The Morgan fingerprint density at radius 3 is 2.45 bits per heavy atom. The highest BCUT2D eigenvalue weighted by molar-refractivity contribution is 5.77. The molecule has 3 aliphatic carbocycles. The zero-order chi connectivity index (χ0) is 23.2. The minimum atomic E-state index is -4.18. The number of morpholine rings is 1. The van der Waals surface area contributed by atoms with Crippen LogP contribution in [0.15, 0.2) is 12.4 Å². The van der Waals surface area contributed by atoms with Crippen molar-refractivity contribution in [2.24, 2.45) is 12.5 Å². The van der Waals surface area contributed by atoms with Crippen LogP contribution in [0.25, 0.3) is 11.2 Å². The molecule has 0 radical (unpaired) electrons. The fraction of sp³-hybridized carbons (Fsp3) is 0.591. The zero-order valence-electron chi connectivity index (χ0n) is 18.6. The van der Waals surface area contributed by atoms with Crippen LogP contribution >= 0.6 is 0 Å². The van der Waals surface area contributed by atoms with E-state index >= 15 is 0 Å². The highest BCUT2D eigenvalue weighted by Gasteiger charge is 2.79. The number of ether oxygens (including phenoxy) is 1. The van der Waals surface area contributed by atoms with Crippen molar-refractivity contribution in [1.29, 1.82) is 0 Å². The number of fused-ring (bicyclic) bond motifs is 1. The Kier molecular flexibility index (Phi) is 4.16. The van der Waals surface area contributed by atoms with Gasteiger partial charge in [0.05, 0.1) is 41.8 Å². The van der Waals surface area contributed by atoms with Crippen LogP contribution in [0, 0.1) is 19.3 Å². The summed E-state index contributed by atoms with van der Waals surface area (Å²) in [6.07, 6.45) is -0.501. The number of rotatable bonds is 3. The average molecular weight is 459 g/mol. The molecule has 1 aliphatic heterocycles. The number of aryl methyl sites for hydroxylation is 3. The molecule has 33 heavy (non-hydrogen) atoms. The van der Waals surface area contributed by atoms with Crippen molar-refractivity contribution < 1.29 is 17.9 Å². The summed E-state index contributed by atoms with van der Waals surface area (Å²) in [4.78, 5) is 20.8. The summed E-state index contributed by atoms with van der Waals surface area (Å²) in [5.41, 5.74) is 1.84. The Morgan fingerprint density at radius 1 is 1.06 bits per heavy atom. The zero-order valence-corrected chi connectivity index (χ0v) is 18.6. The molecule has 0 N–H and O–H groups in total. The first-order valence-corrected chi connectivity index (χ1v) is 11.0. The monoisotopic (exact) mass is 459 g/mol. The molecule has 4 heterocycles. The summed E-state index contributed by atoms with van der Waals surface area (Å²) in [6.45, 7) is 5.29. The van der Waals surface area contributed by atoms with Gasteiger partial charge >= 0.3 is 6.18 Å². The summed E-state index contributed by atoms with van der Waals surface area (Å²) in [5.74, 6) is 0.470. The second kappa shape index (κ2) is 6.62. The van der Waals surface area contributed by atoms with E-state index in [4.69, 9.17) is 14.7 Å². The summed E-state index contributed by atoms with van der Waals surface area (Å²) < 4.78 is 48.2. The predicted octanol–water partition coefficient (Wildman–Crippen LogP) is 3.33. The second-order valence-electron chi connectivity index (χ2n) is 9.78. The molecule has 0 amide bonds. The van der Waals surface area contributed by atoms with Crippen LogP contribution in [0.5, 0.6) is 0 Å². The smallest absolute Gasteiger partial charge is 0.370 e. The molecular weight excluding hydrogens is 435 g/mol. The number of alkyl halides is 3. The van der Waals surface area contributed by atoms with Crippen LogP contribution in [-0.2, 0) is 17.2 Å². The van der Waals surface area contributed by atoms with Gasteiger partial charge in [0, 0.05) is 30.8 Å². The van der Waals surface area contributed by atoms with E-state index in [1.807, 2.05) is 32.0 Å². The van der Waals surface area contributed by atoms with Gasteiger partial charge in [0.2, 0.25) is 5.95 Å². The lowest BCUT2D eigenvalue weighted by molar-refractivity contribution is -0.337. The number of anilines is 1. The normalized spacial score (nSPS) is 29.2. The number of aromatic nitrogens is 6. The SMILES string of the molecule is Cc1nc2nc(N3CCO[C@@H](c4cnn(C)c4)C3)nc(C34CC(C(F)(F)F)(C3)C4)c2nc1C. The molecule has 8 nitrogen and oxygen atoms in total. The van der Waals surface area contributed by atoms with Crippen LogP contribution in [0.1, 0.15) is 48.0 Å². The Hall–Kier alpha value is -2.82. The van der Waals surface area contributed by atoms with Gasteiger partial charge in [-0.25, -0.2) is 15.0 Å². The van der Waals surface area contributed by atoms with Crippen LogP contribution in [0.2, 0.25) is 0 Å². The predicted molar refractivity (Wildman–Crippen MR) is 113 cm³/mol. The molecule has 174 valence electrons. The number of hydrogen-bond donors (Lipinski definition) is 0. The highest BCUT2D eigenvalue weighted by Crippen LogP contribution is 2.78. The standard InChI is InChI=1S/C22H24F3N7O/c1-12-13(2)28-18-16(27-12)17(20-9-21(10-20,11-20)22(23,24)25)29-19(30-18)32-4-5-33-15(8-32)14-6-26-31(3)7-14/h6-7,15H,4-5,8-11H2,1-3H3/t15-,20?,21?/m1/s1. The van der Waals surface area contributed by atoms with Crippen LogP contribution in [0.4, 0.5) is 19.1 Å². The maximum absolute atomic E-state index is 13.5. The number of hydrogen-bond acceptors (Lipinski definition) is 7. The van der Waals surface area contributed by atoms with Gasteiger partial charge in [0.15, 0.2) is 5.65 Å². The van der Waals surface area contributed by atoms with Crippen molar-refractivity contribution in [3.05, 3.63) is 35.0 Å². The molecule has 3 aromatic heterocycles. The molecule has 0 spiro atoms. The van der Waals surface area contributed by atoms with Gasteiger partial charge in [0.25, 0.3) is 0 Å². The largest absolute Gasteiger partial charge is 0.394 e. The van der Waals surface area contributed by atoms with Gasteiger partial charge < -0.3 is 9.64 Å². The minimum absolute atomic E-state index is 0.0606. The molecular formula is C22H24F3N7O. The van der Waals surface area contributed by atoms with E-state index in [2.05, 4.69) is 15.1 Å². The first-order chi connectivity index (χ1) is 15.6. The van der Waals surface area contributed by atoms with E-state index in [-0.39, 0.29) is 25.4 Å². The van der Waals surface area contributed by atoms with E-state index in [0.29, 0.717) is 42.5 Å². The molecule has 11 heteroatoms. The third kappa shape index (κ3) is 2.97.